The molecule has 0 aliphatic carbocycles. The van der Waals surface area contributed by atoms with Gasteiger partial charge in [-0.3, -0.25) is 0 Å². The normalized spacial score (nSPS) is 10.2. The molecule has 0 amide bonds. The standard InChI is InChI=1S/C17H20N2O2S2/c1-4-18-17(22)19-15-13(16(20)21-5-2)11(3)14(23-15)12-9-7-6-8-10-12/h6-10H,4-5H2,1-3H3,(H2,18,19,22). The molecular weight excluding hydrogens is 328 g/mol. The van der Waals surface area contributed by atoms with Crippen LogP contribution in [0.2, 0.25) is 0 Å². The molecule has 4 nitrogen and oxygen atoms in total. The molecule has 2 aromatic rings. The summed E-state index contributed by atoms with van der Waals surface area (Å²) < 4.78 is 5.20. The lowest BCUT2D eigenvalue weighted by atomic mass is 10.1. The zero-order valence-corrected chi connectivity index (χ0v) is 15.1. The second-order valence-corrected chi connectivity index (χ2v) is 6.26. The van der Waals surface area contributed by atoms with E-state index in [4.69, 9.17) is 17.0 Å². The molecule has 122 valence electrons. The van der Waals surface area contributed by atoms with Gasteiger partial charge in [0.15, 0.2) is 5.11 Å². The number of esters is 1. The first-order valence-corrected chi connectivity index (χ1v) is 8.71. The van der Waals surface area contributed by atoms with Crippen LogP contribution in [-0.4, -0.2) is 24.2 Å². The molecule has 1 aromatic heterocycles. The first-order chi connectivity index (χ1) is 11.1. The summed E-state index contributed by atoms with van der Waals surface area (Å²) in [6.45, 7) is 6.76. The number of thiophene rings is 1. The van der Waals surface area contributed by atoms with Crippen LogP contribution in [0.25, 0.3) is 10.4 Å². The van der Waals surface area contributed by atoms with E-state index in [0.717, 1.165) is 22.5 Å². The predicted octanol–water partition coefficient (Wildman–Crippen LogP) is 4.21. The van der Waals surface area contributed by atoms with Crippen LogP contribution >= 0.6 is 23.6 Å². The number of carbonyl (C=O) groups is 1. The van der Waals surface area contributed by atoms with Crippen molar-refractivity contribution in [3.05, 3.63) is 41.5 Å². The first-order valence-electron chi connectivity index (χ1n) is 7.49. The Hall–Kier alpha value is -1.92. The molecule has 0 bridgehead atoms. The van der Waals surface area contributed by atoms with Crippen LogP contribution in [-0.2, 0) is 4.74 Å². The van der Waals surface area contributed by atoms with Crippen LogP contribution in [0, 0.1) is 6.92 Å². The average molecular weight is 348 g/mol. The minimum atomic E-state index is -0.328. The lowest BCUT2D eigenvalue weighted by Crippen LogP contribution is -2.28. The number of benzene rings is 1. The fourth-order valence-electron chi connectivity index (χ4n) is 2.22. The van der Waals surface area contributed by atoms with Crippen LogP contribution in [0.5, 0.6) is 0 Å². The van der Waals surface area contributed by atoms with E-state index < -0.39 is 0 Å². The topological polar surface area (TPSA) is 50.4 Å². The van der Waals surface area contributed by atoms with Crippen molar-refractivity contribution in [1.82, 2.24) is 5.32 Å². The summed E-state index contributed by atoms with van der Waals surface area (Å²) in [5, 5.41) is 7.37. The van der Waals surface area contributed by atoms with Gasteiger partial charge in [0.1, 0.15) is 5.00 Å². The number of hydrogen-bond acceptors (Lipinski definition) is 4. The van der Waals surface area contributed by atoms with Gasteiger partial charge < -0.3 is 15.4 Å². The highest BCUT2D eigenvalue weighted by atomic mass is 32.1. The van der Waals surface area contributed by atoms with Crippen molar-refractivity contribution in [2.45, 2.75) is 20.8 Å². The van der Waals surface area contributed by atoms with Crippen LogP contribution in [0.3, 0.4) is 0 Å². The molecule has 23 heavy (non-hydrogen) atoms. The molecule has 0 aliphatic heterocycles. The van der Waals surface area contributed by atoms with Crippen LogP contribution in [0.1, 0.15) is 29.8 Å². The van der Waals surface area contributed by atoms with Gasteiger partial charge in [-0.25, -0.2) is 4.79 Å². The van der Waals surface area contributed by atoms with Gasteiger partial charge in [0, 0.05) is 11.4 Å². The van der Waals surface area contributed by atoms with Gasteiger partial charge in [0.05, 0.1) is 12.2 Å². The molecule has 0 radical (unpaired) electrons. The SMILES string of the molecule is CCNC(=S)Nc1sc(-c2ccccc2)c(C)c1C(=O)OCC. The van der Waals surface area contributed by atoms with Crippen molar-refractivity contribution in [2.24, 2.45) is 0 Å². The van der Waals surface area contributed by atoms with Crippen molar-refractivity contribution in [3.63, 3.8) is 0 Å². The quantitative estimate of drug-likeness (QED) is 0.626. The number of ether oxygens (including phenoxy) is 1. The largest absolute Gasteiger partial charge is 0.462 e. The Bertz CT molecular complexity index is 696. The number of nitrogens with one attached hydrogen (secondary N) is 2. The molecule has 0 aliphatic rings. The molecule has 0 saturated carbocycles. The van der Waals surface area contributed by atoms with E-state index in [2.05, 4.69) is 10.6 Å². The van der Waals surface area contributed by atoms with Crippen LogP contribution in [0.15, 0.2) is 30.3 Å². The van der Waals surface area contributed by atoms with E-state index >= 15 is 0 Å². The first kappa shape index (κ1) is 17.4. The summed E-state index contributed by atoms with van der Waals surface area (Å²) in [5.41, 5.74) is 2.53. The maximum absolute atomic E-state index is 12.4. The summed E-state index contributed by atoms with van der Waals surface area (Å²) in [6.07, 6.45) is 0. The summed E-state index contributed by atoms with van der Waals surface area (Å²) >= 11 is 6.76. The number of rotatable bonds is 5. The Morgan fingerprint density at radius 1 is 1.26 bits per heavy atom. The third kappa shape index (κ3) is 4.09. The van der Waals surface area contributed by atoms with E-state index in [-0.39, 0.29) is 5.97 Å². The molecule has 0 unspecified atom stereocenters. The molecule has 0 spiro atoms. The molecule has 2 N–H and O–H groups in total. The second-order valence-electron chi connectivity index (χ2n) is 4.83. The van der Waals surface area contributed by atoms with Crippen LogP contribution in [0.4, 0.5) is 5.00 Å². The minimum Gasteiger partial charge on any atom is -0.462 e. The summed E-state index contributed by atoms with van der Waals surface area (Å²) in [4.78, 5) is 13.4. The van der Waals surface area contributed by atoms with Crippen molar-refractivity contribution in [2.75, 3.05) is 18.5 Å². The molecule has 1 aromatic carbocycles. The van der Waals surface area contributed by atoms with Gasteiger partial charge >= 0.3 is 5.97 Å². The molecule has 2 rings (SSSR count). The summed E-state index contributed by atoms with van der Waals surface area (Å²) in [7, 11) is 0. The van der Waals surface area contributed by atoms with Crippen molar-refractivity contribution in [1.29, 1.82) is 0 Å². The lowest BCUT2D eigenvalue weighted by Gasteiger charge is -2.09. The third-order valence-corrected chi connectivity index (χ3v) is 4.73. The van der Waals surface area contributed by atoms with E-state index in [1.54, 1.807) is 6.92 Å². The van der Waals surface area contributed by atoms with Gasteiger partial charge in [0.2, 0.25) is 0 Å². The van der Waals surface area contributed by atoms with Gasteiger partial charge in [0.25, 0.3) is 0 Å². The Labute approximate surface area is 145 Å². The Kier molecular flexibility index (Phi) is 6.12. The Morgan fingerprint density at radius 3 is 2.57 bits per heavy atom. The number of thiocarbonyl (C=S) groups is 1. The number of hydrogen-bond donors (Lipinski definition) is 2. The Balaban J connectivity index is 2.46. The molecule has 0 atom stereocenters. The van der Waals surface area contributed by atoms with Crippen molar-refractivity contribution >= 4 is 39.6 Å². The van der Waals surface area contributed by atoms with Crippen molar-refractivity contribution < 1.29 is 9.53 Å². The van der Waals surface area contributed by atoms with Crippen molar-refractivity contribution in [3.8, 4) is 10.4 Å². The summed E-state index contributed by atoms with van der Waals surface area (Å²) in [5.74, 6) is -0.328. The Morgan fingerprint density at radius 2 is 1.96 bits per heavy atom. The minimum absolute atomic E-state index is 0.328. The smallest absolute Gasteiger partial charge is 0.341 e. The average Bonchev–Trinajstić information content (AvgIpc) is 2.85. The zero-order valence-electron chi connectivity index (χ0n) is 13.4. The molecule has 1 heterocycles. The van der Waals surface area contributed by atoms with Crippen LogP contribution < -0.4 is 10.6 Å². The molecular formula is C17H20N2O2S2. The highest BCUT2D eigenvalue weighted by Gasteiger charge is 2.23. The molecule has 0 fully saturated rings. The highest BCUT2D eigenvalue weighted by molar-refractivity contribution is 7.80. The maximum Gasteiger partial charge on any atom is 0.341 e. The van der Waals surface area contributed by atoms with E-state index in [9.17, 15) is 4.79 Å². The second kappa shape index (κ2) is 8.08. The van der Waals surface area contributed by atoms with Gasteiger partial charge in [-0.2, -0.15) is 0 Å². The lowest BCUT2D eigenvalue weighted by molar-refractivity contribution is 0.0527. The van der Waals surface area contributed by atoms with E-state index in [1.165, 1.54) is 11.3 Å². The fourth-order valence-corrected chi connectivity index (χ4v) is 3.74. The van der Waals surface area contributed by atoms with Gasteiger partial charge in [-0.05, 0) is 44.1 Å². The van der Waals surface area contributed by atoms with E-state index in [0.29, 0.717) is 22.3 Å². The number of carbonyl (C=O) groups excluding carboxylic acids is 1. The zero-order chi connectivity index (χ0) is 16.8. The number of anilines is 1. The summed E-state index contributed by atoms with van der Waals surface area (Å²) in [6, 6.07) is 9.99. The van der Waals surface area contributed by atoms with Gasteiger partial charge in [-0.1, -0.05) is 30.3 Å². The molecule has 0 saturated heterocycles. The highest BCUT2D eigenvalue weighted by Crippen LogP contribution is 2.40. The maximum atomic E-state index is 12.4. The van der Waals surface area contributed by atoms with Gasteiger partial charge in [-0.15, -0.1) is 11.3 Å². The fraction of sp³-hybridized carbons (Fsp3) is 0.294. The van der Waals surface area contributed by atoms with E-state index in [1.807, 2.05) is 44.2 Å². The molecule has 6 heteroatoms. The monoisotopic (exact) mass is 348 g/mol. The third-order valence-electron chi connectivity index (χ3n) is 3.23. The predicted molar refractivity (Wildman–Crippen MR) is 100 cm³/mol.